The number of imide groups is 1. The van der Waals surface area contributed by atoms with Crippen LogP contribution in [0.2, 0.25) is 10.0 Å². The van der Waals surface area contributed by atoms with Crippen LogP contribution in [0.15, 0.2) is 41.1 Å². The molecule has 0 aliphatic heterocycles. The van der Waals surface area contributed by atoms with Gasteiger partial charge in [-0.15, -0.1) is 5.01 Å². The molecule has 2 heterocycles. The van der Waals surface area contributed by atoms with Gasteiger partial charge < -0.3 is 14.8 Å². The van der Waals surface area contributed by atoms with Gasteiger partial charge in [0.15, 0.2) is 5.82 Å². The molecule has 194 valence electrons. The zero-order valence-corrected chi connectivity index (χ0v) is 22.6. The highest BCUT2D eigenvalue weighted by atomic mass is 79.9. The van der Waals surface area contributed by atoms with Crippen molar-refractivity contribution in [2.24, 2.45) is 0 Å². The summed E-state index contributed by atoms with van der Waals surface area (Å²) in [5.74, 6) is -1.43. The van der Waals surface area contributed by atoms with Gasteiger partial charge in [-0.25, -0.2) is 24.7 Å². The summed E-state index contributed by atoms with van der Waals surface area (Å²) in [5.41, 5.74) is 2.45. The van der Waals surface area contributed by atoms with E-state index in [9.17, 15) is 19.2 Å². The number of nitrogens with one attached hydrogen (secondary N) is 2. The number of nitrogens with zero attached hydrogens (tertiary/aromatic N) is 4. The molecule has 0 fully saturated rings. The predicted octanol–water partition coefficient (Wildman–Crippen LogP) is 4.77. The summed E-state index contributed by atoms with van der Waals surface area (Å²) in [4.78, 5) is 54.8. The average Bonchev–Trinajstić information content (AvgIpc) is 3.25. The molecule has 0 atom stereocenters. The van der Waals surface area contributed by atoms with Gasteiger partial charge in [-0.2, -0.15) is 5.10 Å². The Morgan fingerprint density at radius 3 is 2.51 bits per heavy atom. The van der Waals surface area contributed by atoms with Crippen LogP contribution in [-0.2, 0) is 9.47 Å². The van der Waals surface area contributed by atoms with E-state index in [-0.39, 0.29) is 44.4 Å². The van der Waals surface area contributed by atoms with Gasteiger partial charge in [0.25, 0.3) is 11.8 Å². The summed E-state index contributed by atoms with van der Waals surface area (Å²) in [6, 6.07) is 7.41. The number of aromatic nitrogens is 3. The molecule has 2 aromatic heterocycles. The van der Waals surface area contributed by atoms with Crippen LogP contribution in [0.4, 0.5) is 15.3 Å². The number of hydrazine groups is 1. The first-order valence-electron chi connectivity index (χ1n) is 10.4. The average molecular weight is 614 g/mol. The van der Waals surface area contributed by atoms with Crippen molar-refractivity contribution in [1.82, 2.24) is 25.2 Å². The van der Waals surface area contributed by atoms with E-state index in [1.807, 2.05) is 0 Å². The fourth-order valence-electron chi connectivity index (χ4n) is 3.08. The number of anilines is 1. The summed E-state index contributed by atoms with van der Waals surface area (Å²) >= 11 is 15.6. The van der Waals surface area contributed by atoms with Crippen LogP contribution in [0.5, 0.6) is 0 Å². The van der Waals surface area contributed by atoms with Crippen molar-refractivity contribution < 1.29 is 28.7 Å². The van der Waals surface area contributed by atoms with Gasteiger partial charge in [0.1, 0.15) is 10.3 Å². The van der Waals surface area contributed by atoms with E-state index in [2.05, 4.69) is 41.5 Å². The molecular weight excluding hydrogens is 595 g/mol. The summed E-state index contributed by atoms with van der Waals surface area (Å²) in [7, 11) is 1.02. The van der Waals surface area contributed by atoms with Crippen molar-refractivity contribution >= 4 is 68.8 Å². The maximum absolute atomic E-state index is 13.3. The normalized spacial score (nSPS) is 10.4. The number of amides is 4. The van der Waals surface area contributed by atoms with E-state index >= 15 is 0 Å². The lowest BCUT2D eigenvalue weighted by Gasteiger charge is -2.21. The van der Waals surface area contributed by atoms with Gasteiger partial charge in [-0.3, -0.25) is 9.59 Å². The zero-order valence-electron chi connectivity index (χ0n) is 19.5. The molecule has 37 heavy (non-hydrogen) atoms. The standard InChI is InChI=1S/C22H19BrCl2N6O6/c1-4-37-22(35)31(21(34)36-3)29-19(32)13-9-12(24)8-11(2)17(13)27-20(33)15-10-16(23)28-30(15)18-14(25)6-5-7-26-18/h5-10H,4H2,1-3H3,(H,27,33)(H,29,32). The highest BCUT2D eigenvalue weighted by molar-refractivity contribution is 9.10. The van der Waals surface area contributed by atoms with E-state index in [1.165, 1.54) is 36.0 Å². The van der Waals surface area contributed by atoms with Crippen LogP contribution >= 0.6 is 39.1 Å². The van der Waals surface area contributed by atoms with Crippen molar-refractivity contribution in [3.8, 4) is 5.82 Å². The SMILES string of the molecule is CCOC(=O)N(NC(=O)c1cc(Cl)cc(C)c1NC(=O)c1cc(Br)nn1-c1ncccc1Cl)C(=O)OC. The van der Waals surface area contributed by atoms with Crippen molar-refractivity contribution in [3.63, 3.8) is 0 Å². The van der Waals surface area contributed by atoms with E-state index in [0.717, 1.165) is 7.11 Å². The van der Waals surface area contributed by atoms with Gasteiger partial charge in [-0.05, 0) is 59.6 Å². The molecule has 0 saturated carbocycles. The third kappa shape index (κ3) is 6.37. The second kappa shape index (κ2) is 12.0. The van der Waals surface area contributed by atoms with Crippen LogP contribution in [0.25, 0.3) is 5.82 Å². The summed E-state index contributed by atoms with van der Waals surface area (Å²) < 4.78 is 10.9. The first-order chi connectivity index (χ1) is 17.6. The van der Waals surface area contributed by atoms with Gasteiger partial charge in [0, 0.05) is 17.3 Å². The fourth-order valence-corrected chi connectivity index (χ4v) is 3.93. The number of methoxy groups -OCH3 is 1. The van der Waals surface area contributed by atoms with Crippen molar-refractivity contribution in [3.05, 3.63) is 68.0 Å². The van der Waals surface area contributed by atoms with Gasteiger partial charge in [0.2, 0.25) is 0 Å². The third-order valence-electron chi connectivity index (χ3n) is 4.66. The Bertz CT molecular complexity index is 1380. The molecule has 0 spiro atoms. The molecule has 0 bridgehead atoms. The molecule has 12 nitrogen and oxygen atoms in total. The van der Waals surface area contributed by atoms with Crippen LogP contribution < -0.4 is 10.7 Å². The van der Waals surface area contributed by atoms with Gasteiger partial charge in [0.05, 0.1) is 30.0 Å². The number of carbonyl (C=O) groups is 4. The first-order valence-corrected chi connectivity index (χ1v) is 12.0. The summed E-state index contributed by atoms with van der Waals surface area (Å²) in [6.45, 7) is 3.05. The zero-order chi connectivity index (χ0) is 27.3. The minimum absolute atomic E-state index is 0.0379. The number of aryl methyl sites for hydroxylation is 1. The molecule has 1 aromatic carbocycles. The highest BCUT2D eigenvalue weighted by Gasteiger charge is 2.29. The first kappa shape index (κ1) is 27.9. The predicted molar refractivity (Wildman–Crippen MR) is 137 cm³/mol. The minimum atomic E-state index is -1.20. The molecule has 0 unspecified atom stereocenters. The van der Waals surface area contributed by atoms with Crippen molar-refractivity contribution in [2.75, 3.05) is 19.0 Å². The lowest BCUT2D eigenvalue weighted by molar-refractivity contribution is 0.0588. The van der Waals surface area contributed by atoms with Gasteiger partial charge in [-0.1, -0.05) is 23.2 Å². The quantitative estimate of drug-likeness (QED) is 0.392. The van der Waals surface area contributed by atoms with Gasteiger partial charge >= 0.3 is 12.2 Å². The summed E-state index contributed by atoms with van der Waals surface area (Å²) in [6.07, 6.45) is -0.883. The lowest BCUT2D eigenvalue weighted by atomic mass is 10.1. The van der Waals surface area contributed by atoms with E-state index in [4.69, 9.17) is 27.9 Å². The number of ether oxygens (including phenoxy) is 2. The third-order valence-corrected chi connectivity index (χ3v) is 5.56. The Kier molecular flexibility index (Phi) is 9.08. The lowest BCUT2D eigenvalue weighted by Crippen LogP contribution is -2.50. The second-order valence-corrected chi connectivity index (χ2v) is 8.77. The summed E-state index contributed by atoms with van der Waals surface area (Å²) in [5, 5.41) is 7.54. The van der Waals surface area contributed by atoms with E-state index in [0.29, 0.717) is 10.2 Å². The second-order valence-electron chi connectivity index (χ2n) is 7.12. The number of halogens is 3. The van der Waals surface area contributed by atoms with Crippen molar-refractivity contribution in [1.29, 1.82) is 0 Å². The largest absolute Gasteiger partial charge is 0.451 e. The van der Waals surface area contributed by atoms with Crippen LogP contribution in [0.1, 0.15) is 33.3 Å². The Hall–Kier alpha value is -3.68. The highest BCUT2D eigenvalue weighted by Crippen LogP contribution is 2.28. The fraction of sp³-hybridized carbons (Fsp3) is 0.182. The number of carbonyl (C=O) groups excluding carboxylic acids is 4. The number of pyridine rings is 1. The van der Waals surface area contributed by atoms with E-state index in [1.54, 1.807) is 19.1 Å². The number of benzene rings is 1. The van der Waals surface area contributed by atoms with Crippen LogP contribution in [-0.4, -0.2) is 57.5 Å². The Morgan fingerprint density at radius 1 is 1.14 bits per heavy atom. The Morgan fingerprint density at radius 2 is 1.86 bits per heavy atom. The number of hydrogen-bond acceptors (Lipinski definition) is 8. The molecule has 0 aliphatic rings. The molecule has 3 rings (SSSR count). The smallest absolute Gasteiger partial charge is 0.438 e. The monoisotopic (exact) mass is 612 g/mol. The minimum Gasteiger partial charge on any atom is -0.451 e. The van der Waals surface area contributed by atoms with Crippen LogP contribution in [0, 0.1) is 6.92 Å². The molecule has 0 radical (unpaired) electrons. The molecule has 2 N–H and O–H groups in total. The molecule has 3 aromatic rings. The van der Waals surface area contributed by atoms with E-state index < -0.39 is 24.0 Å². The molecule has 0 saturated heterocycles. The molecule has 15 heteroatoms. The molecule has 4 amide bonds. The Labute approximate surface area is 228 Å². The number of hydrogen-bond donors (Lipinski definition) is 2. The maximum Gasteiger partial charge on any atom is 0.438 e. The molecular formula is C22H19BrCl2N6O6. The topological polar surface area (TPSA) is 145 Å². The number of rotatable bonds is 5. The molecule has 0 aliphatic carbocycles. The maximum atomic E-state index is 13.3. The van der Waals surface area contributed by atoms with Crippen LogP contribution in [0.3, 0.4) is 0 Å². The Balaban J connectivity index is 1.99. The van der Waals surface area contributed by atoms with Crippen molar-refractivity contribution in [2.45, 2.75) is 13.8 Å².